The highest BCUT2D eigenvalue weighted by Gasteiger charge is 2.14. The summed E-state index contributed by atoms with van der Waals surface area (Å²) in [5.74, 6) is -1.06. The number of phenolic OH excluding ortho intramolecular Hbond substituents is 1. The molecule has 0 bridgehead atoms. The lowest BCUT2D eigenvalue weighted by Crippen LogP contribution is -2.02. The number of aromatic hydroxyl groups is 1. The summed E-state index contributed by atoms with van der Waals surface area (Å²) in [5.41, 5.74) is 2.87. The van der Waals surface area contributed by atoms with Crippen LogP contribution >= 0.6 is 0 Å². The molecule has 6 heteroatoms. The Morgan fingerprint density at radius 1 is 0.833 bits per heavy atom. The maximum Gasteiger partial charge on any atom is 0.303 e. The number of hydrogen-bond donors (Lipinski definition) is 3. The molecule has 2 aromatic rings. The van der Waals surface area contributed by atoms with Crippen LogP contribution in [0.4, 0.5) is 0 Å². The molecule has 2 aromatic carbocycles. The summed E-state index contributed by atoms with van der Waals surface area (Å²) in [5, 5.41) is 28.4. The van der Waals surface area contributed by atoms with E-state index in [9.17, 15) is 14.7 Å². The predicted molar refractivity (Wildman–Crippen MR) is 115 cm³/mol. The topological polar surface area (TPSA) is 104 Å². The summed E-state index contributed by atoms with van der Waals surface area (Å²) in [6.45, 7) is 2.70. The number of carboxylic acid groups (broad SMARTS) is 2. The number of aliphatic carboxylic acids is 2. The Morgan fingerprint density at radius 2 is 1.43 bits per heavy atom. The number of hydrogen-bond acceptors (Lipinski definition) is 4. The highest BCUT2D eigenvalue weighted by atomic mass is 16.5. The van der Waals surface area contributed by atoms with Crippen LogP contribution in [-0.4, -0.2) is 33.9 Å². The third-order valence-electron chi connectivity index (χ3n) is 4.91. The molecule has 0 atom stereocenters. The average Bonchev–Trinajstić information content (AvgIpc) is 2.72. The zero-order valence-electron chi connectivity index (χ0n) is 17.4. The number of benzene rings is 2. The summed E-state index contributed by atoms with van der Waals surface area (Å²) in [7, 11) is 0. The lowest BCUT2D eigenvalue weighted by Gasteiger charge is -2.15. The Balaban J connectivity index is 2.32. The van der Waals surface area contributed by atoms with Gasteiger partial charge < -0.3 is 20.1 Å². The Kier molecular flexibility index (Phi) is 9.19. The number of rotatable bonds is 13. The zero-order valence-corrected chi connectivity index (χ0v) is 17.4. The van der Waals surface area contributed by atoms with Crippen LogP contribution in [0.3, 0.4) is 0 Å². The van der Waals surface area contributed by atoms with Gasteiger partial charge in [-0.1, -0.05) is 38.3 Å². The van der Waals surface area contributed by atoms with Crippen molar-refractivity contribution in [2.75, 3.05) is 6.61 Å². The highest BCUT2D eigenvalue weighted by molar-refractivity contribution is 5.77. The lowest BCUT2D eigenvalue weighted by atomic mass is 9.96. The molecule has 0 aliphatic rings. The normalized spacial score (nSPS) is 10.7. The smallest absolute Gasteiger partial charge is 0.303 e. The van der Waals surface area contributed by atoms with Crippen molar-refractivity contribution in [2.24, 2.45) is 0 Å². The molecule has 0 aliphatic heterocycles. The largest absolute Gasteiger partial charge is 0.507 e. The van der Waals surface area contributed by atoms with E-state index in [4.69, 9.17) is 14.9 Å². The summed E-state index contributed by atoms with van der Waals surface area (Å²) in [6, 6.07) is 10.6. The molecule has 0 aromatic heterocycles. The van der Waals surface area contributed by atoms with Crippen molar-refractivity contribution >= 4 is 11.9 Å². The van der Waals surface area contributed by atoms with Crippen LogP contribution in [0.5, 0.6) is 11.5 Å². The number of phenols is 1. The number of unbranched alkanes of at least 4 members (excludes halogenated alkanes) is 3. The minimum absolute atomic E-state index is 0.00362. The minimum Gasteiger partial charge on any atom is -0.507 e. The second-order valence-corrected chi connectivity index (χ2v) is 7.38. The van der Waals surface area contributed by atoms with Gasteiger partial charge in [-0.05, 0) is 54.7 Å². The van der Waals surface area contributed by atoms with Gasteiger partial charge in [0.25, 0.3) is 0 Å². The third-order valence-corrected chi connectivity index (χ3v) is 4.91. The summed E-state index contributed by atoms with van der Waals surface area (Å²) in [4.78, 5) is 21.8. The molecule has 30 heavy (non-hydrogen) atoms. The van der Waals surface area contributed by atoms with Gasteiger partial charge in [0.1, 0.15) is 11.5 Å². The second-order valence-electron chi connectivity index (χ2n) is 7.38. The maximum absolute atomic E-state index is 10.9. The number of carboxylic acids is 2. The van der Waals surface area contributed by atoms with Gasteiger partial charge in [-0.2, -0.15) is 0 Å². The molecule has 0 fully saturated rings. The van der Waals surface area contributed by atoms with Crippen LogP contribution in [-0.2, 0) is 22.4 Å². The van der Waals surface area contributed by atoms with Gasteiger partial charge in [0.05, 0.1) is 6.61 Å². The van der Waals surface area contributed by atoms with E-state index in [0.717, 1.165) is 36.8 Å². The van der Waals surface area contributed by atoms with Crippen molar-refractivity contribution in [3.63, 3.8) is 0 Å². The van der Waals surface area contributed by atoms with Crippen LogP contribution in [0.1, 0.15) is 56.6 Å². The molecule has 0 radical (unpaired) electrons. The van der Waals surface area contributed by atoms with Gasteiger partial charge in [-0.15, -0.1) is 0 Å². The molecule has 0 unspecified atom stereocenters. The third kappa shape index (κ3) is 7.43. The first-order valence-corrected chi connectivity index (χ1v) is 10.4. The number of ether oxygens (including phenoxy) is 1. The first-order chi connectivity index (χ1) is 14.4. The van der Waals surface area contributed by atoms with Gasteiger partial charge in [0.15, 0.2) is 0 Å². The van der Waals surface area contributed by atoms with Crippen molar-refractivity contribution in [3.05, 3.63) is 47.5 Å². The van der Waals surface area contributed by atoms with Crippen LogP contribution in [0.2, 0.25) is 0 Å². The molecule has 0 heterocycles. The molecular formula is C24H30O6. The predicted octanol–water partition coefficient (Wildman–Crippen LogP) is 5.05. The number of aryl methyl sites for hydroxylation is 2. The van der Waals surface area contributed by atoms with Gasteiger partial charge in [0, 0.05) is 24.0 Å². The van der Waals surface area contributed by atoms with Crippen molar-refractivity contribution < 1.29 is 29.6 Å². The Labute approximate surface area is 177 Å². The van der Waals surface area contributed by atoms with E-state index in [1.807, 2.05) is 18.2 Å². The van der Waals surface area contributed by atoms with E-state index in [1.54, 1.807) is 18.2 Å². The molecule has 2 rings (SSSR count). The quantitative estimate of drug-likeness (QED) is 0.396. The monoisotopic (exact) mass is 414 g/mol. The van der Waals surface area contributed by atoms with Crippen molar-refractivity contribution in [1.29, 1.82) is 0 Å². The summed E-state index contributed by atoms with van der Waals surface area (Å²) < 4.78 is 5.99. The summed E-state index contributed by atoms with van der Waals surface area (Å²) >= 11 is 0. The second kappa shape index (κ2) is 11.9. The molecular weight excluding hydrogens is 384 g/mol. The molecule has 0 spiro atoms. The zero-order chi connectivity index (χ0) is 21.9. The average molecular weight is 414 g/mol. The molecule has 0 aliphatic carbocycles. The van der Waals surface area contributed by atoms with Crippen LogP contribution in [0, 0.1) is 0 Å². The first kappa shape index (κ1) is 23.3. The van der Waals surface area contributed by atoms with E-state index in [-0.39, 0.29) is 18.6 Å². The van der Waals surface area contributed by atoms with Crippen molar-refractivity contribution in [1.82, 2.24) is 0 Å². The van der Waals surface area contributed by atoms with Gasteiger partial charge >= 0.3 is 11.9 Å². The Hall–Kier alpha value is -3.02. The first-order valence-electron chi connectivity index (χ1n) is 10.4. The van der Waals surface area contributed by atoms with Gasteiger partial charge in [-0.3, -0.25) is 9.59 Å². The summed E-state index contributed by atoms with van der Waals surface area (Å²) in [6.07, 6.45) is 5.05. The van der Waals surface area contributed by atoms with Gasteiger partial charge in [-0.25, -0.2) is 0 Å². The molecule has 0 amide bonds. The van der Waals surface area contributed by atoms with E-state index < -0.39 is 11.9 Å². The Bertz CT molecular complexity index is 859. The minimum atomic E-state index is -0.878. The van der Waals surface area contributed by atoms with Gasteiger partial charge in [0.2, 0.25) is 0 Å². The molecule has 162 valence electrons. The highest BCUT2D eigenvalue weighted by Crippen LogP contribution is 2.38. The van der Waals surface area contributed by atoms with Crippen LogP contribution < -0.4 is 4.74 Å². The van der Waals surface area contributed by atoms with Crippen LogP contribution in [0.25, 0.3) is 11.1 Å². The molecule has 0 saturated carbocycles. The fourth-order valence-corrected chi connectivity index (χ4v) is 3.24. The fraction of sp³-hybridized carbons (Fsp3) is 0.417. The lowest BCUT2D eigenvalue weighted by molar-refractivity contribution is -0.138. The van der Waals surface area contributed by atoms with Crippen LogP contribution in [0.15, 0.2) is 36.4 Å². The molecule has 0 saturated heterocycles. The van der Waals surface area contributed by atoms with E-state index in [2.05, 4.69) is 6.92 Å². The van der Waals surface area contributed by atoms with Crippen molar-refractivity contribution in [2.45, 2.75) is 58.3 Å². The standard InChI is InChI=1S/C24H30O6/c1-2-3-4-5-14-30-22-11-7-18(9-13-24(28)29)16-20(22)19-15-17(6-10-21(19)25)8-12-23(26)27/h6-7,10-11,15-16,25H,2-5,8-9,12-14H2,1H3,(H,26,27)(H,28,29). The van der Waals surface area contributed by atoms with E-state index in [0.29, 0.717) is 36.3 Å². The number of carbonyl (C=O) groups is 2. The van der Waals surface area contributed by atoms with E-state index >= 15 is 0 Å². The maximum atomic E-state index is 10.9. The Morgan fingerprint density at radius 3 is 2.03 bits per heavy atom. The molecule has 6 nitrogen and oxygen atoms in total. The van der Waals surface area contributed by atoms with E-state index in [1.165, 1.54) is 0 Å². The SMILES string of the molecule is CCCCCCOc1ccc(CCC(=O)O)cc1-c1cc(CCC(=O)O)ccc1O. The fourth-order valence-electron chi connectivity index (χ4n) is 3.24. The molecule has 3 N–H and O–H groups in total. The van der Waals surface area contributed by atoms with Crippen molar-refractivity contribution in [3.8, 4) is 22.6 Å².